The van der Waals surface area contributed by atoms with Crippen molar-refractivity contribution in [2.45, 2.75) is 32.7 Å². The van der Waals surface area contributed by atoms with Gasteiger partial charge >= 0.3 is 0 Å². The van der Waals surface area contributed by atoms with E-state index in [9.17, 15) is 9.59 Å². The number of hydrogen-bond donors (Lipinski definition) is 3. The fourth-order valence-electron chi connectivity index (χ4n) is 3.05. The first-order valence-corrected chi connectivity index (χ1v) is 9.56. The van der Waals surface area contributed by atoms with Crippen molar-refractivity contribution < 1.29 is 9.59 Å². The van der Waals surface area contributed by atoms with E-state index in [1.165, 1.54) is 5.56 Å². The molecule has 0 aliphatic carbocycles. The van der Waals surface area contributed by atoms with Crippen LogP contribution >= 0.6 is 24.0 Å². The molecule has 156 valence electrons. The summed E-state index contributed by atoms with van der Waals surface area (Å²) in [5, 5.41) is 9.23. The van der Waals surface area contributed by atoms with Crippen molar-refractivity contribution in [2.24, 2.45) is 10.9 Å². The van der Waals surface area contributed by atoms with Gasteiger partial charge in [0.05, 0.1) is 6.54 Å². The molecule has 1 fully saturated rings. The molecule has 7 nitrogen and oxygen atoms in total. The second-order valence-electron chi connectivity index (χ2n) is 7.08. The van der Waals surface area contributed by atoms with Gasteiger partial charge in [-0.05, 0) is 18.4 Å². The Morgan fingerprint density at radius 1 is 1.21 bits per heavy atom. The molecule has 1 aromatic rings. The molecule has 1 aliphatic heterocycles. The summed E-state index contributed by atoms with van der Waals surface area (Å²) in [5.41, 5.74) is 1.20. The molecule has 8 heteroatoms. The maximum atomic E-state index is 12.1. The quantitative estimate of drug-likeness (QED) is 0.300. The molecular formula is C20H32IN5O2. The van der Waals surface area contributed by atoms with Crippen molar-refractivity contribution in [2.75, 3.05) is 33.2 Å². The van der Waals surface area contributed by atoms with Gasteiger partial charge in [-0.3, -0.25) is 14.6 Å². The summed E-state index contributed by atoms with van der Waals surface area (Å²) in [6.45, 7) is 6.02. The first kappa shape index (κ1) is 24.2. The van der Waals surface area contributed by atoms with Gasteiger partial charge in [-0.15, -0.1) is 24.0 Å². The van der Waals surface area contributed by atoms with Crippen LogP contribution in [0.25, 0.3) is 0 Å². The van der Waals surface area contributed by atoms with E-state index in [1.807, 2.05) is 49.1 Å². The van der Waals surface area contributed by atoms with Crippen LogP contribution < -0.4 is 16.0 Å². The van der Waals surface area contributed by atoms with Crippen LogP contribution in [0.1, 0.15) is 25.8 Å². The number of guanidine groups is 1. The van der Waals surface area contributed by atoms with E-state index in [1.54, 1.807) is 7.05 Å². The molecule has 1 saturated heterocycles. The van der Waals surface area contributed by atoms with Gasteiger partial charge in [-0.25, -0.2) is 0 Å². The monoisotopic (exact) mass is 501 g/mol. The molecule has 1 atom stereocenters. The summed E-state index contributed by atoms with van der Waals surface area (Å²) in [6, 6.07) is 10.2. The van der Waals surface area contributed by atoms with Gasteiger partial charge in [0, 0.05) is 38.6 Å². The number of carbonyl (C=O) groups excluding carboxylic acids is 2. The van der Waals surface area contributed by atoms with Crippen LogP contribution in [0.5, 0.6) is 0 Å². The highest BCUT2D eigenvalue weighted by molar-refractivity contribution is 14.0. The van der Waals surface area contributed by atoms with Crippen LogP contribution in [-0.4, -0.2) is 61.9 Å². The van der Waals surface area contributed by atoms with Crippen molar-refractivity contribution in [3.63, 3.8) is 0 Å². The first-order valence-electron chi connectivity index (χ1n) is 9.56. The van der Waals surface area contributed by atoms with Crippen molar-refractivity contribution in [1.82, 2.24) is 20.9 Å². The minimum atomic E-state index is -0.0723. The lowest BCUT2D eigenvalue weighted by atomic mass is 10.1. The molecule has 0 spiro atoms. The Kier molecular flexibility index (Phi) is 10.9. The predicted octanol–water partition coefficient (Wildman–Crippen LogP) is 1.39. The highest BCUT2D eigenvalue weighted by Gasteiger charge is 2.27. The van der Waals surface area contributed by atoms with Gasteiger partial charge in [0.15, 0.2) is 5.96 Å². The van der Waals surface area contributed by atoms with Gasteiger partial charge in [0.2, 0.25) is 11.8 Å². The number of halogens is 1. The second kappa shape index (κ2) is 12.6. The van der Waals surface area contributed by atoms with Crippen molar-refractivity contribution in [3.05, 3.63) is 35.9 Å². The largest absolute Gasteiger partial charge is 0.354 e. The first-order chi connectivity index (χ1) is 13.0. The summed E-state index contributed by atoms with van der Waals surface area (Å²) in [6.07, 6.45) is 1.68. The molecule has 1 unspecified atom stereocenters. The number of carbonyl (C=O) groups is 2. The standard InChI is InChI=1S/C20H31N5O2.HI/c1-15(2)19(27)25-12-10-17(14-25)24-20(21-3)23-13-18(26)22-11-9-16-7-5-4-6-8-16;/h4-8,15,17H,9-14H2,1-3H3,(H,22,26)(H2,21,23,24);1H. The number of rotatable bonds is 7. The molecular weight excluding hydrogens is 469 g/mol. The van der Waals surface area contributed by atoms with Gasteiger partial charge in [-0.2, -0.15) is 0 Å². The minimum Gasteiger partial charge on any atom is -0.354 e. The Labute approximate surface area is 184 Å². The van der Waals surface area contributed by atoms with Crippen LogP contribution in [0.3, 0.4) is 0 Å². The molecule has 3 N–H and O–H groups in total. The zero-order valence-corrected chi connectivity index (χ0v) is 19.2. The Morgan fingerprint density at radius 2 is 1.93 bits per heavy atom. The average molecular weight is 501 g/mol. The van der Waals surface area contributed by atoms with Crippen LogP contribution in [-0.2, 0) is 16.0 Å². The lowest BCUT2D eigenvalue weighted by Crippen LogP contribution is -2.48. The third-order valence-corrected chi connectivity index (χ3v) is 4.55. The summed E-state index contributed by atoms with van der Waals surface area (Å²) in [7, 11) is 1.68. The maximum Gasteiger partial charge on any atom is 0.239 e. The third-order valence-electron chi connectivity index (χ3n) is 4.55. The Hall–Kier alpha value is -1.84. The van der Waals surface area contributed by atoms with Crippen LogP contribution in [0.4, 0.5) is 0 Å². The molecule has 1 aromatic carbocycles. The van der Waals surface area contributed by atoms with E-state index < -0.39 is 0 Å². The molecule has 0 aromatic heterocycles. The van der Waals surface area contributed by atoms with E-state index in [2.05, 4.69) is 20.9 Å². The second-order valence-corrected chi connectivity index (χ2v) is 7.08. The molecule has 2 rings (SSSR count). The summed E-state index contributed by atoms with van der Waals surface area (Å²) in [5.74, 6) is 0.704. The Morgan fingerprint density at radius 3 is 2.57 bits per heavy atom. The van der Waals surface area contributed by atoms with Crippen LogP contribution in [0.2, 0.25) is 0 Å². The fourth-order valence-corrected chi connectivity index (χ4v) is 3.05. The predicted molar refractivity (Wildman–Crippen MR) is 123 cm³/mol. The van der Waals surface area contributed by atoms with Crippen molar-refractivity contribution >= 4 is 41.8 Å². The van der Waals surface area contributed by atoms with Gasteiger partial charge in [0.1, 0.15) is 0 Å². The topological polar surface area (TPSA) is 85.8 Å². The highest BCUT2D eigenvalue weighted by Crippen LogP contribution is 2.12. The van der Waals surface area contributed by atoms with Gasteiger partial charge < -0.3 is 20.9 Å². The smallest absolute Gasteiger partial charge is 0.239 e. The third kappa shape index (κ3) is 8.04. The number of aliphatic imine (C=N–C) groups is 1. The molecule has 1 aliphatic rings. The normalized spacial score (nSPS) is 16.5. The molecule has 0 saturated carbocycles. The van der Waals surface area contributed by atoms with E-state index in [0.717, 1.165) is 19.4 Å². The molecule has 2 amide bonds. The lowest BCUT2D eigenvalue weighted by molar-refractivity contribution is -0.133. The van der Waals surface area contributed by atoms with E-state index in [0.29, 0.717) is 19.0 Å². The Bertz CT molecular complexity index is 651. The van der Waals surface area contributed by atoms with Crippen molar-refractivity contribution in [1.29, 1.82) is 0 Å². The van der Waals surface area contributed by atoms with E-state index >= 15 is 0 Å². The minimum absolute atomic E-state index is 0. The van der Waals surface area contributed by atoms with E-state index in [-0.39, 0.29) is 54.3 Å². The maximum absolute atomic E-state index is 12.1. The lowest BCUT2D eigenvalue weighted by Gasteiger charge is -2.20. The number of amides is 2. The molecule has 1 heterocycles. The highest BCUT2D eigenvalue weighted by atomic mass is 127. The SMILES string of the molecule is CN=C(NCC(=O)NCCc1ccccc1)NC1CCN(C(=O)C(C)C)C1.I. The molecule has 28 heavy (non-hydrogen) atoms. The Balaban J connectivity index is 0.00000392. The summed E-state index contributed by atoms with van der Waals surface area (Å²) in [4.78, 5) is 30.1. The number of nitrogens with zero attached hydrogens (tertiary/aromatic N) is 2. The summed E-state index contributed by atoms with van der Waals surface area (Å²) < 4.78 is 0. The van der Waals surface area contributed by atoms with Crippen LogP contribution in [0, 0.1) is 5.92 Å². The number of hydrogen-bond acceptors (Lipinski definition) is 3. The fraction of sp³-hybridized carbons (Fsp3) is 0.550. The van der Waals surface area contributed by atoms with Gasteiger partial charge in [-0.1, -0.05) is 44.2 Å². The van der Waals surface area contributed by atoms with Crippen LogP contribution in [0.15, 0.2) is 35.3 Å². The van der Waals surface area contributed by atoms with Gasteiger partial charge in [0.25, 0.3) is 0 Å². The number of benzene rings is 1. The average Bonchev–Trinajstić information content (AvgIpc) is 3.13. The molecule has 0 bridgehead atoms. The number of nitrogens with one attached hydrogen (secondary N) is 3. The zero-order chi connectivity index (χ0) is 19.6. The zero-order valence-electron chi connectivity index (χ0n) is 16.9. The summed E-state index contributed by atoms with van der Waals surface area (Å²) >= 11 is 0. The number of likely N-dealkylation sites (tertiary alicyclic amines) is 1. The van der Waals surface area contributed by atoms with Crippen molar-refractivity contribution in [3.8, 4) is 0 Å². The molecule has 0 radical (unpaired) electrons. The van der Waals surface area contributed by atoms with E-state index in [4.69, 9.17) is 0 Å².